The first-order valence-electron chi connectivity index (χ1n) is 3.95. The fourth-order valence-electron chi connectivity index (χ4n) is 1.47. The molecule has 1 aromatic carbocycles. The molecule has 2 nitrogen and oxygen atoms in total. The van der Waals surface area contributed by atoms with Gasteiger partial charge in [-0.2, -0.15) is 0 Å². The average Bonchev–Trinajstić information content (AvgIpc) is 2.07. The summed E-state index contributed by atoms with van der Waals surface area (Å²) in [5.74, 6) is -0.0336. The van der Waals surface area contributed by atoms with Crippen LogP contribution in [0, 0.1) is 5.41 Å². The molecule has 0 radical (unpaired) electrons. The minimum absolute atomic E-state index is 0.0336. The summed E-state index contributed by atoms with van der Waals surface area (Å²) in [4.78, 5) is 11.1. The minimum Gasteiger partial charge on any atom is -0.301 e. The summed E-state index contributed by atoms with van der Waals surface area (Å²) in [5.41, 5.74) is 2.45. The Balaban J connectivity index is 2.47. The zero-order valence-electron chi connectivity index (χ0n) is 6.63. The van der Waals surface area contributed by atoms with Gasteiger partial charge in [-0.1, -0.05) is 24.3 Å². The van der Waals surface area contributed by atoms with Crippen LogP contribution in [0.1, 0.15) is 11.1 Å². The van der Waals surface area contributed by atoms with E-state index in [1.165, 1.54) is 0 Å². The number of benzene rings is 1. The van der Waals surface area contributed by atoms with Crippen molar-refractivity contribution >= 4 is 11.5 Å². The van der Waals surface area contributed by atoms with Crippen molar-refractivity contribution in [3.8, 4) is 0 Å². The Morgan fingerprint density at radius 3 is 2.33 bits per heavy atom. The molecule has 0 saturated carbocycles. The van der Waals surface area contributed by atoms with Gasteiger partial charge in [-0.3, -0.25) is 4.79 Å². The molecule has 0 amide bonds. The molecule has 0 unspecified atom stereocenters. The molecule has 0 bridgehead atoms. The third-order valence-electron chi connectivity index (χ3n) is 2.17. The average molecular weight is 159 g/mol. The number of carbonyl (C=O) groups excluding carboxylic acids is 1. The van der Waals surface area contributed by atoms with Gasteiger partial charge in [0.15, 0.2) is 5.78 Å². The van der Waals surface area contributed by atoms with E-state index >= 15 is 0 Å². The van der Waals surface area contributed by atoms with Crippen LogP contribution in [0.5, 0.6) is 0 Å². The van der Waals surface area contributed by atoms with E-state index < -0.39 is 0 Å². The van der Waals surface area contributed by atoms with Crippen molar-refractivity contribution in [3.63, 3.8) is 0 Å². The summed E-state index contributed by atoms with van der Waals surface area (Å²) in [5, 5.41) is 7.38. The molecular weight excluding hydrogens is 150 g/mol. The van der Waals surface area contributed by atoms with Crippen molar-refractivity contribution in [1.29, 1.82) is 5.41 Å². The SMILES string of the molecule is N=C1Cc2ccccc2CC1=O. The van der Waals surface area contributed by atoms with Crippen LogP contribution in [-0.4, -0.2) is 11.5 Å². The number of hydrogen-bond donors (Lipinski definition) is 1. The molecule has 0 atom stereocenters. The number of carbonyl (C=O) groups is 1. The maximum absolute atomic E-state index is 11.1. The quantitative estimate of drug-likeness (QED) is 0.610. The second-order valence-corrected chi connectivity index (χ2v) is 3.02. The Hall–Kier alpha value is -1.44. The predicted molar refractivity (Wildman–Crippen MR) is 46.6 cm³/mol. The number of Topliss-reactive ketones (excluding diaryl/α,β-unsaturated/α-hetero) is 1. The number of fused-ring (bicyclic) bond motifs is 1. The summed E-state index contributed by atoms with van der Waals surface area (Å²) in [6.45, 7) is 0. The molecule has 12 heavy (non-hydrogen) atoms. The van der Waals surface area contributed by atoms with Crippen LogP contribution in [-0.2, 0) is 17.6 Å². The van der Waals surface area contributed by atoms with E-state index in [-0.39, 0.29) is 11.5 Å². The summed E-state index contributed by atoms with van der Waals surface area (Å²) in [6, 6.07) is 7.82. The number of nitrogens with one attached hydrogen (secondary N) is 1. The Morgan fingerprint density at radius 1 is 1.08 bits per heavy atom. The molecule has 1 aliphatic rings. The highest BCUT2D eigenvalue weighted by molar-refractivity contribution is 6.40. The highest BCUT2D eigenvalue weighted by Gasteiger charge is 2.19. The maximum atomic E-state index is 11.1. The summed E-state index contributed by atoms with van der Waals surface area (Å²) < 4.78 is 0. The molecule has 2 rings (SSSR count). The van der Waals surface area contributed by atoms with E-state index in [9.17, 15) is 4.79 Å². The number of ketones is 1. The van der Waals surface area contributed by atoms with Crippen molar-refractivity contribution in [2.75, 3.05) is 0 Å². The van der Waals surface area contributed by atoms with E-state index in [2.05, 4.69) is 0 Å². The molecule has 1 aromatic rings. The van der Waals surface area contributed by atoms with Gasteiger partial charge in [0.25, 0.3) is 0 Å². The maximum Gasteiger partial charge on any atom is 0.181 e. The molecule has 0 saturated heterocycles. The van der Waals surface area contributed by atoms with E-state index in [0.717, 1.165) is 11.1 Å². The largest absolute Gasteiger partial charge is 0.301 e. The molecule has 0 aromatic heterocycles. The highest BCUT2D eigenvalue weighted by Crippen LogP contribution is 2.16. The van der Waals surface area contributed by atoms with Gasteiger partial charge in [0, 0.05) is 12.8 Å². The van der Waals surface area contributed by atoms with Crippen LogP contribution >= 0.6 is 0 Å². The minimum atomic E-state index is -0.0336. The van der Waals surface area contributed by atoms with E-state index in [1.54, 1.807) is 0 Å². The van der Waals surface area contributed by atoms with Gasteiger partial charge in [0.1, 0.15) is 0 Å². The lowest BCUT2D eigenvalue weighted by atomic mass is 9.90. The fourth-order valence-corrected chi connectivity index (χ4v) is 1.47. The van der Waals surface area contributed by atoms with Crippen LogP contribution in [0.3, 0.4) is 0 Å². The monoisotopic (exact) mass is 159 g/mol. The second kappa shape index (κ2) is 2.55. The van der Waals surface area contributed by atoms with E-state index in [1.807, 2.05) is 24.3 Å². The molecule has 1 N–H and O–H groups in total. The van der Waals surface area contributed by atoms with Crippen LogP contribution in [0.25, 0.3) is 0 Å². The van der Waals surface area contributed by atoms with Crippen LogP contribution in [0.2, 0.25) is 0 Å². The van der Waals surface area contributed by atoms with Gasteiger partial charge in [-0.25, -0.2) is 0 Å². The summed E-state index contributed by atoms with van der Waals surface area (Å²) in [6.07, 6.45) is 0.921. The van der Waals surface area contributed by atoms with Crippen molar-refractivity contribution in [2.24, 2.45) is 0 Å². The van der Waals surface area contributed by atoms with Crippen molar-refractivity contribution < 1.29 is 4.79 Å². The topological polar surface area (TPSA) is 40.9 Å². The standard InChI is InChI=1S/C10H9NO/c11-9-5-7-3-1-2-4-8(7)6-10(9)12/h1-4,11H,5-6H2. The van der Waals surface area contributed by atoms with Crippen LogP contribution in [0.15, 0.2) is 24.3 Å². The molecule has 60 valence electrons. The third-order valence-corrected chi connectivity index (χ3v) is 2.17. The molecule has 0 aliphatic heterocycles. The first kappa shape index (κ1) is 7.22. The lowest BCUT2D eigenvalue weighted by Crippen LogP contribution is -2.24. The van der Waals surface area contributed by atoms with Crippen molar-refractivity contribution in [1.82, 2.24) is 0 Å². The lowest BCUT2D eigenvalue weighted by Gasteiger charge is -2.14. The summed E-state index contributed by atoms with van der Waals surface area (Å²) in [7, 11) is 0. The van der Waals surface area contributed by atoms with Gasteiger partial charge in [0.2, 0.25) is 0 Å². The van der Waals surface area contributed by atoms with Gasteiger partial charge in [0.05, 0.1) is 5.71 Å². The van der Waals surface area contributed by atoms with E-state index in [4.69, 9.17) is 5.41 Å². The molecular formula is C10H9NO. The van der Waals surface area contributed by atoms with Crippen LogP contribution < -0.4 is 0 Å². The van der Waals surface area contributed by atoms with Crippen LogP contribution in [0.4, 0.5) is 0 Å². The lowest BCUT2D eigenvalue weighted by molar-refractivity contribution is -0.112. The molecule has 0 heterocycles. The van der Waals surface area contributed by atoms with Gasteiger partial charge < -0.3 is 5.41 Å². The van der Waals surface area contributed by atoms with Gasteiger partial charge in [-0.05, 0) is 11.1 Å². The normalized spacial score (nSPS) is 16.0. The third kappa shape index (κ3) is 1.05. The zero-order valence-corrected chi connectivity index (χ0v) is 6.63. The Labute approximate surface area is 70.7 Å². The second-order valence-electron chi connectivity index (χ2n) is 3.02. The molecule has 1 aliphatic carbocycles. The Bertz CT molecular complexity index is 320. The summed E-state index contributed by atoms with van der Waals surface area (Å²) >= 11 is 0. The number of rotatable bonds is 0. The van der Waals surface area contributed by atoms with Crippen molar-refractivity contribution in [2.45, 2.75) is 12.8 Å². The molecule has 0 fully saturated rings. The highest BCUT2D eigenvalue weighted by atomic mass is 16.1. The Morgan fingerprint density at radius 2 is 1.67 bits per heavy atom. The first-order chi connectivity index (χ1) is 5.77. The smallest absolute Gasteiger partial charge is 0.181 e. The molecule has 0 spiro atoms. The predicted octanol–water partition coefficient (Wildman–Crippen LogP) is 1.37. The van der Waals surface area contributed by atoms with Crippen molar-refractivity contribution in [3.05, 3.63) is 35.4 Å². The van der Waals surface area contributed by atoms with Gasteiger partial charge in [-0.15, -0.1) is 0 Å². The fraction of sp³-hybridized carbons (Fsp3) is 0.200. The molecule has 2 heteroatoms. The Kier molecular flexibility index (Phi) is 1.54. The van der Waals surface area contributed by atoms with E-state index in [0.29, 0.717) is 12.8 Å². The first-order valence-corrected chi connectivity index (χ1v) is 3.95. The zero-order chi connectivity index (χ0) is 8.55. The van der Waals surface area contributed by atoms with Gasteiger partial charge >= 0.3 is 0 Å². The number of hydrogen-bond acceptors (Lipinski definition) is 2.